The molecule has 1 saturated heterocycles. The third-order valence-electron chi connectivity index (χ3n) is 1.78. The van der Waals surface area contributed by atoms with Crippen molar-refractivity contribution < 1.29 is 14.6 Å². The molecule has 0 aromatic carbocycles. The zero-order valence-electron chi connectivity index (χ0n) is 5.99. The maximum Gasteiger partial charge on any atom is 0.306 e. The van der Waals surface area contributed by atoms with Gasteiger partial charge < -0.3 is 9.84 Å². The van der Waals surface area contributed by atoms with Crippen molar-refractivity contribution >= 4 is 5.97 Å². The lowest BCUT2D eigenvalue weighted by Crippen LogP contribution is -2.29. The van der Waals surface area contributed by atoms with E-state index in [1.807, 2.05) is 6.07 Å². The van der Waals surface area contributed by atoms with Gasteiger partial charge in [-0.2, -0.15) is 5.26 Å². The average molecular weight is 155 g/mol. The average Bonchev–Trinajstić information content (AvgIpc) is 2.05. The molecule has 11 heavy (non-hydrogen) atoms. The normalized spacial score (nSPS) is 30.8. The van der Waals surface area contributed by atoms with Gasteiger partial charge in [-0.15, -0.1) is 0 Å². The van der Waals surface area contributed by atoms with Gasteiger partial charge in [0.05, 0.1) is 12.0 Å². The van der Waals surface area contributed by atoms with Crippen LogP contribution in [0.5, 0.6) is 0 Å². The monoisotopic (exact) mass is 155 g/mol. The Bertz CT molecular complexity index is 196. The van der Waals surface area contributed by atoms with E-state index < -0.39 is 18.0 Å². The molecule has 4 heteroatoms. The van der Waals surface area contributed by atoms with E-state index in [9.17, 15) is 4.79 Å². The Hall–Kier alpha value is -1.08. The second-order valence-corrected chi connectivity index (χ2v) is 2.55. The third kappa shape index (κ3) is 1.92. The fourth-order valence-electron chi connectivity index (χ4n) is 1.11. The Morgan fingerprint density at radius 1 is 1.73 bits per heavy atom. The predicted octanol–water partition coefficient (Wildman–Crippen LogP) is 0.390. The van der Waals surface area contributed by atoms with Gasteiger partial charge in [-0.05, 0) is 6.42 Å². The van der Waals surface area contributed by atoms with E-state index in [-0.39, 0.29) is 0 Å². The standard InChI is InChI=1S/C7H9NO3/c8-4-6-3-5(7(9)10)1-2-11-6/h5-6H,1-3H2,(H,9,10). The van der Waals surface area contributed by atoms with Crippen molar-refractivity contribution in [1.29, 1.82) is 5.26 Å². The molecular formula is C7H9NO3. The second-order valence-electron chi connectivity index (χ2n) is 2.55. The van der Waals surface area contributed by atoms with Crippen LogP contribution in [0.25, 0.3) is 0 Å². The van der Waals surface area contributed by atoms with E-state index in [4.69, 9.17) is 15.1 Å². The van der Waals surface area contributed by atoms with Gasteiger partial charge >= 0.3 is 5.97 Å². The van der Waals surface area contributed by atoms with Crippen LogP contribution in [0.3, 0.4) is 0 Å². The largest absolute Gasteiger partial charge is 0.481 e. The van der Waals surface area contributed by atoms with Crippen LogP contribution >= 0.6 is 0 Å². The van der Waals surface area contributed by atoms with E-state index in [2.05, 4.69) is 0 Å². The number of hydrogen-bond donors (Lipinski definition) is 1. The van der Waals surface area contributed by atoms with Gasteiger partial charge in [0.15, 0.2) is 0 Å². The van der Waals surface area contributed by atoms with E-state index in [0.717, 1.165) is 0 Å². The maximum absolute atomic E-state index is 10.5. The summed E-state index contributed by atoms with van der Waals surface area (Å²) in [4.78, 5) is 10.5. The molecule has 0 amide bonds. The van der Waals surface area contributed by atoms with Gasteiger partial charge in [-0.25, -0.2) is 0 Å². The molecule has 1 N–H and O–H groups in total. The van der Waals surface area contributed by atoms with Crippen LogP contribution in [0, 0.1) is 17.2 Å². The van der Waals surface area contributed by atoms with Crippen molar-refractivity contribution in [1.82, 2.24) is 0 Å². The first-order valence-electron chi connectivity index (χ1n) is 3.48. The van der Waals surface area contributed by atoms with Crippen molar-refractivity contribution in [3.05, 3.63) is 0 Å². The highest BCUT2D eigenvalue weighted by atomic mass is 16.5. The molecule has 0 aromatic heterocycles. The molecule has 1 rings (SSSR count). The molecule has 0 radical (unpaired) electrons. The lowest BCUT2D eigenvalue weighted by molar-refractivity contribution is -0.145. The van der Waals surface area contributed by atoms with Crippen molar-refractivity contribution in [2.45, 2.75) is 18.9 Å². The summed E-state index contributed by atoms with van der Waals surface area (Å²) in [5, 5.41) is 17.0. The van der Waals surface area contributed by atoms with Crippen LogP contribution in [-0.2, 0) is 9.53 Å². The number of hydrogen-bond acceptors (Lipinski definition) is 3. The van der Waals surface area contributed by atoms with Gasteiger partial charge in [0.25, 0.3) is 0 Å². The number of ether oxygens (including phenoxy) is 1. The topological polar surface area (TPSA) is 70.3 Å². The Labute approximate surface area is 64.4 Å². The molecule has 2 atom stereocenters. The van der Waals surface area contributed by atoms with Gasteiger partial charge in [0, 0.05) is 13.0 Å². The number of nitriles is 1. The minimum atomic E-state index is -0.825. The van der Waals surface area contributed by atoms with Crippen molar-refractivity contribution in [2.75, 3.05) is 6.61 Å². The van der Waals surface area contributed by atoms with Crippen LogP contribution in [0.2, 0.25) is 0 Å². The lowest BCUT2D eigenvalue weighted by atomic mass is 9.96. The Kier molecular flexibility index (Phi) is 2.44. The Morgan fingerprint density at radius 2 is 2.45 bits per heavy atom. The van der Waals surface area contributed by atoms with E-state index in [1.54, 1.807) is 0 Å². The third-order valence-corrected chi connectivity index (χ3v) is 1.78. The number of aliphatic carboxylic acids is 1. The van der Waals surface area contributed by atoms with Crippen LogP contribution < -0.4 is 0 Å². The molecule has 0 spiro atoms. The van der Waals surface area contributed by atoms with Crippen LogP contribution in [-0.4, -0.2) is 23.8 Å². The SMILES string of the molecule is N#CC1CC(C(=O)O)CCO1. The van der Waals surface area contributed by atoms with Gasteiger partial charge in [0.1, 0.15) is 6.10 Å². The number of carboxylic acid groups (broad SMARTS) is 1. The summed E-state index contributed by atoms with van der Waals surface area (Å²) >= 11 is 0. The van der Waals surface area contributed by atoms with Crippen molar-refractivity contribution in [2.24, 2.45) is 5.92 Å². The minimum Gasteiger partial charge on any atom is -0.481 e. The van der Waals surface area contributed by atoms with Gasteiger partial charge in [-0.1, -0.05) is 0 Å². The fraction of sp³-hybridized carbons (Fsp3) is 0.714. The smallest absolute Gasteiger partial charge is 0.306 e. The molecule has 60 valence electrons. The molecule has 0 bridgehead atoms. The summed E-state index contributed by atoms with van der Waals surface area (Å²) in [5.74, 6) is -1.22. The maximum atomic E-state index is 10.5. The number of carbonyl (C=O) groups is 1. The second kappa shape index (κ2) is 3.35. The van der Waals surface area contributed by atoms with Crippen molar-refractivity contribution in [3.63, 3.8) is 0 Å². The summed E-state index contributed by atoms with van der Waals surface area (Å²) in [6.07, 6.45) is 0.323. The first-order chi connectivity index (χ1) is 5.24. The summed E-state index contributed by atoms with van der Waals surface area (Å²) in [6, 6.07) is 1.90. The van der Waals surface area contributed by atoms with Crippen molar-refractivity contribution in [3.8, 4) is 6.07 Å². The first-order valence-corrected chi connectivity index (χ1v) is 3.48. The highest BCUT2D eigenvalue weighted by molar-refractivity contribution is 5.70. The van der Waals surface area contributed by atoms with Gasteiger partial charge in [-0.3, -0.25) is 4.79 Å². The van der Waals surface area contributed by atoms with Crippen LogP contribution in [0.15, 0.2) is 0 Å². The highest BCUT2D eigenvalue weighted by Crippen LogP contribution is 2.19. The fourth-order valence-corrected chi connectivity index (χ4v) is 1.11. The number of rotatable bonds is 1. The Morgan fingerprint density at radius 3 is 3.00 bits per heavy atom. The molecule has 1 heterocycles. The molecule has 1 aliphatic heterocycles. The predicted molar refractivity (Wildman–Crippen MR) is 35.7 cm³/mol. The van der Waals surface area contributed by atoms with E-state index >= 15 is 0 Å². The molecule has 0 aliphatic carbocycles. The van der Waals surface area contributed by atoms with E-state index in [1.165, 1.54) is 0 Å². The summed E-state index contributed by atoms with van der Waals surface area (Å²) in [7, 11) is 0. The molecule has 1 fully saturated rings. The summed E-state index contributed by atoms with van der Waals surface area (Å²) in [6.45, 7) is 0.384. The van der Waals surface area contributed by atoms with E-state index in [0.29, 0.717) is 19.4 Å². The molecule has 2 unspecified atom stereocenters. The molecular weight excluding hydrogens is 146 g/mol. The first kappa shape index (κ1) is 8.02. The molecule has 4 nitrogen and oxygen atoms in total. The van der Waals surface area contributed by atoms with Crippen LogP contribution in [0.4, 0.5) is 0 Å². The zero-order valence-corrected chi connectivity index (χ0v) is 5.99. The number of carboxylic acids is 1. The Balaban J connectivity index is 2.47. The highest BCUT2D eigenvalue weighted by Gasteiger charge is 2.27. The molecule has 0 aromatic rings. The number of nitrogens with zero attached hydrogens (tertiary/aromatic N) is 1. The zero-order chi connectivity index (χ0) is 8.27. The summed E-state index contributed by atoms with van der Waals surface area (Å²) < 4.78 is 4.98. The lowest BCUT2D eigenvalue weighted by Gasteiger charge is -2.21. The molecule has 1 aliphatic rings. The minimum absolute atomic E-state index is 0.325. The van der Waals surface area contributed by atoms with Crippen LogP contribution in [0.1, 0.15) is 12.8 Å². The van der Waals surface area contributed by atoms with Gasteiger partial charge in [0.2, 0.25) is 0 Å². The summed E-state index contributed by atoms with van der Waals surface area (Å²) in [5.41, 5.74) is 0. The molecule has 0 saturated carbocycles. The quantitative estimate of drug-likeness (QED) is 0.594.